The Morgan fingerprint density at radius 3 is 2.79 bits per heavy atom. The average molecular weight is 464 g/mol. The van der Waals surface area contributed by atoms with Gasteiger partial charge in [-0.05, 0) is 92.1 Å². The molecule has 0 bridgehead atoms. The molecule has 2 fully saturated rings. The van der Waals surface area contributed by atoms with Crippen LogP contribution in [0.4, 0.5) is 13.2 Å². The number of rotatable bonds is 5. The average Bonchev–Trinajstić information content (AvgIpc) is 3.16. The van der Waals surface area contributed by atoms with Crippen LogP contribution in [0.3, 0.4) is 0 Å². The van der Waals surface area contributed by atoms with Crippen molar-refractivity contribution in [3.05, 3.63) is 39.9 Å². The highest BCUT2D eigenvalue weighted by Gasteiger charge is 2.41. The number of benzene rings is 1. The molecule has 3 heterocycles. The van der Waals surface area contributed by atoms with Crippen LogP contribution in [-0.2, 0) is 17.3 Å². The second kappa shape index (κ2) is 8.69. The van der Waals surface area contributed by atoms with Gasteiger partial charge in [0, 0.05) is 36.4 Å². The number of hydrogen-bond donors (Lipinski definition) is 1. The summed E-state index contributed by atoms with van der Waals surface area (Å²) < 4.78 is 45.5. The number of piperidine rings is 1. The number of alkyl halides is 3. The van der Waals surface area contributed by atoms with Crippen LogP contribution in [-0.4, -0.2) is 49.3 Å². The molecule has 2 saturated heterocycles. The van der Waals surface area contributed by atoms with Gasteiger partial charge in [-0.25, -0.2) is 0 Å². The van der Waals surface area contributed by atoms with Gasteiger partial charge < -0.3 is 14.6 Å². The van der Waals surface area contributed by atoms with Crippen molar-refractivity contribution in [2.45, 2.75) is 51.1 Å². The maximum Gasteiger partial charge on any atom is 0.416 e. The van der Waals surface area contributed by atoms with Crippen molar-refractivity contribution in [2.24, 2.45) is 22.4 Å². The zero-order chi connectivity index (χ0) is 23.2. The maximum atomic E-state index is 13.3. The Hall–Kier alpha value is -1.93. The van der Waals surface area contributed by atoms with Crippen LogP contribution < -0.4 is 0 Å². The molecule has 1 aliphatic carbocycles. The van der Waals surface area contributed by atoms with Crippen molar-refractivity contribution < 1.29 is 17.9 Å². The lowest BCUT2D eigenvalue weighted by Gasteiger charge is -2.45. The van der Waals surface area contributed by atoms with Crippen molar-refractivity contribution in [3.63, 3.8) is 0 Å². The van der Waals surface area contributed by atoms with Crippen LogP contribution in [0.1, 0.15) is 55.3 Å². The fourth-order valence-corrected chi connectivity index (χ4v) is 6.55. The molecule has 0 radical (unpaired) electrons. The Morgan fingerprint density at radius 1 is 1.27 bits per heavy atom. The summed E-state index contributed by atoms with van der Waals surface area (Å²) in [6.07, 6.45) is 0.382. The van der Waals surface area contributed by atoms with E-state index in [0.29, 0.717) is 31.6 Å². The summed E-state index contributed by atoms with van der Waals surface area (Å²) in [7, 11) is 0. The number of aromatic nitrogens is 1. The zero-order valence-electron chi connectivity index (χ0n) is 19.1. The minimum Gasteiger partial charge on any atom is -0.381 e. The molecule has 0 saturated carbocycles. The third-order valence-electron chi connectivity index (χ3n) is 8.61. The number of ether oxygens (including phenoxy) is 1. The van der Waals surface area contributed by atoms with E-state index >= 15 is 0 Å². The van der Waals surface area contributed by atoms with E-state index in [1.54, 1.807) is 6.07 Å². The first-order chi connectivity index (χ1) is 15.8. The Kier molecular flexibility index (Phi) is 6.02. The number of likely N-dealkylation sites (tertiary alicyclic amines) is 1. The summed E-state index contributed by atoms with van der Waals surface area (Å²) in [6, 6.07) is 4.07. The molecule has 8 heteroatoms. The minimum absolute atomic E-state index is 0.0486. The monoisotopic (exact) mass is 463 g/mol. The molecular weight excluding hydrogens is 431 g/mol. The van der Waals surface area contributed by atoms with Gasteiger partial charge in [-0.1, -0.05) is 12.1 Å². The molecule has 180 valence electrons. The van der Waals surface area contributed by atoms with Gasteiger partial charge in [0.25, 0.3) is 0 Å². The first kappa shape index (κ1) is 22.8. The molecule has 0 amide bonds. The number of fused-ring (bicyclic) bond motifs is 4. The molecule has 2 aromatic rings. The third-order valence-corrected chi connectivity index (χ3v) is 8.61. The number of aromatic amines is 1. The van der Waals surface area contributed by atoms with E-state index < -0.39 is 11.7 Å². The highest BCUT2D eigenvalue weighted by atomic mass is 19.4. The summed E-state index contributed by atoms with van der Waals surface area (Å²) in [5, 5.41) is 3.96. The van der Waals surface area contributed by atoms with Crippen LogP contribution in [0.2, 0.25) is 0 Å². The van der Waals surface area contributed by atoms with E-state index in [1.165, 1.54) is 12.1 Å². The van der Waals surface area contributed by atoms with Crippen LogP contribution in [0, 0.1) is 22.2 Å². The van der Waals surface area contributed by atoms with Gasteiger partial charge in [0.2, 0.25) is 0 Å². The quantitative estimate of drug-likeness (QED) is 0.576. The summed E-state index contributed by atoms with van der Waals surface area (Å²) in [5.74, 6) is 1.18. The molecule has 33 heavy (non-hydrogen) atoms. The lowest BCUT2D eigenvalue weighted by Crippen LogP contribution is -2.46. The fourth-order valence-electron chi connectivity index (χ4n) is 6.55. The fraction of sp³-hybridized carbons (Fsp3) is 0.680. The van der Waals surface area contributed by atoms with Crippen molar-refractivity contribution in [1.82, 2.24) is 9.88 Å². The first-order valence-electron chi connectivity index (χ1n) is 12.1. The molecule has 0 spiro atoms. The highest BCUT2D eigenvalue weighted by molar-refractivity contribution is 5.86. The van der Waals surface area contributed by atoms with E-state index in [2.05, 4.69) is 22.0 Å². The van der Waals surface area contributed by atoms with Gasteiger partial charge in [-0.15, -0.1) is 0 Å². The van der Waals surface area contributed by atoms with Gasteiger partial charge in [-0.3, -0.25) is 0 Å². The number of nitroso groups, excluding NO2 is 1. The van der Waals surface area contributed by atoms with Crippen molar-refractivity contribution >= 4 is 10.9 Å². The number of hydrogen-bond acceptors (Lipinski definition) is 4. The van der Waals surface area contributed by atoms with Crippen LogP contribution >= 0.6 is 0 Å². The van der Waals surface area contributed by atoms with Crippen LogP contribution in [0.5, 0.6) is 0 Å². The SMILES string of the molecule is C[C@H]1c2c([nH]c3ccc(C(F)(F)F)cc23)C[C@H]2CCN(CCC3(CN=O)CCOCC3)C[C@@H]21. The third kappa shape index (κ3) is 4.32. The van der Waals surface area contributed by atoms with Gasteiger partial charge in [0.1, 0.15) is 0 Å². The van der Waals surface area contributed by atoms with E-state index in [0.717, 1.165) is 73.9 Å². The van der Waals surface area contributed by atoms with E-state index in [1.807, 2.05) is 0 Å². The molecule has 2 aliphatic heterocycles. The molecule has 1 N–H and O–H groups in total. The van der Waals surface area contributed by atoms with E-state index in [-0.39, 0.29) is 11.3 Å². The van der Waals surface area contributed by atoms with Gasteiger partial charge in [0.15, 0.2) is 0 Å². The maximum absolute atomic E-state index is 13.3. The molecule has 5 nitrogen and oxygen atoms in total. The Labute approximate surface area is 192 Å². The first-order valence-corrected chi connectivity index (χ1v) is 12.1. The minimum atomic E-state index is -4.34. The van der Waals surface area contributed by atoms with Gasteiger partial charge in [-0.2, -0.15) is 18.1 Å². The number of nitrogens with one attached hydrogen (secondary N) is 1. The standard InChI is InChI=1S/C25H32F3N3O2/c1-16-20-14-31(9-5-24(15-29-32)6-10-33-11-7-24)8-4-17(20)12-22-23(16)19-13-18(25(26,27)28)2-3-21(19)30-22/h2-3,13,16-17,20,30H,4-12,14-15H2,1H3/t16-,17-,20-/m1/s1. The van der Waals surface area contributed by atoms with E-state index in [9.17, 15) is 18.1 Å². The molecule has 1 aromatic heterocycles. The normalized spacial score (nSPS) is 27.8. The lowest BCUT2D eigenvalue weighted by atomic mass is 9.68. The zero-order valence-corrected chi connectivity index (χ0v) is 19.1. The molecule has 3 atom stereocenters. The number of nitrogens with zero attached hydrogens (tertiary/aromatic N) is 2. The topological polar surface area (TPSA) is 57.7 Å². The van der Waals surface area contributed by atoms with Crippen LogP contribution in [0.25, 0.3) is 10.9 Å². The summed E-state index contributed by atoms with van der Waals surface area (Å²) in [5.41, 5.74) is 2.36. The predicted molar refractivity (Wildman–Crippen MR) is 121 cm³/mol. The van der Waals surface area contributed by atoms with Crippen molar-refractivity contribution in [1.29, 1.82) is 0 Å². The van der Waals surface area contributed by atoms with Gasteiger partial charge >= 0.3 is 6.18 Å². The molecule has 3 aliphatic rings. The highest BCUT2D eigenvalue weighted by Crippen LogP contribution is 2.47. The predicted octanol–water partition coefficient (Wildman–Crippen LogP) is 5.74. The second-order valence-corrected chi connectivity index (χ2v) is 10.4. The smallest absolute Gasteiger partial charge is 0.381 e. The number of H-pyrrole nitrogens is 1. The Balaban J connectivity index is 1.34. The van der Waals surface area contributed by atoms with Crippen LogP contribution in [0.15, 0.2) is 23.4 Å². The summed E-state index contributed by atoms with van der Waals surface area (Å²) >= 11 is 0. The lowest BCUT2D eigenvalue weighted by molar-refractivity contribution is -0.137. The Morgan fingerprint density at radius 2 is 2.06 bits per heavy atom. The second-order valence-electron chi connectivity index (χ2n) is 10.4. The molecular formula is C25H32F3N3O2. The Bertz CT molecular complexity index is 1010. The molecule has 1 aromatic carbocycles. The van der Waals surface area contributed by atoms with Crippen molar-refractivity contribution in [3.8, 4) is 0 Å². The van der Waals surface area contributed by atoms with E-state index in [4.69, 9.17) is 4.74 Å². The summed E-state index contributed by atoms with van der Waals surface area (Å²) in [4.78, 5) is 17.0. The largest absolute Gasteiger partial charge is 0.416 e. The summed E-state index contributed by atoms with van der Waals surface area (Å²) in [6.45, 7) is 6.85. The van der Waals surface area contributed by atoms with Crippen molar-refractivity contribution in [2.75, 3.05) is 39.4 Å². The number of halogens is 3. The van der Waals surface area contributed by atoms with Gasteiger partial charge in [0.05, 0.1) is 12.1 Å². The molecule has 0 unspecified atom stereocenters. The molecule has 5 rings (SSSR count).